The van der Waals surface area contributed by atoms with E-state index in [0.29, 0.717) is 5.56 Å². The number of amides is 1. The molecular weight excluding hydrogens is 310 g/mol. The van der Waals surface area contributed by atoms with Gasteiger partial charge in [0.1, 0.15) is 5.60 Å². The maximum Gasteiger partial charge on any atom is 0.408 e. The maximum absolute atomic E-state index is 11.8. The first kappa shape index (κ1) is 17.2. The van der Waals surface area contributed by atoms with Crippen LogP contribution in [-0.2, 0) is 4.74 Å². The van der Waals surface area contributed by atoms with E-state index in [-0.39, 0.29) is 6.04 Å². The van der Waals surface area contributed by atoms with Crippen molar-refractivity contribution >= 4 is 23.7 Å². The molecule has 0 bridgehead atoms. The molecule has 2 aromatic rings. The third-order valence-electron chi connectivity index (χ3n) is 3.18. The van der Waals surface area contributed by atoms with Crippen molar-refractivity contribution in [3.8, 4) is 11.1 Å². The molecule has 0 fully saturated rings. The molecule has 5 heteroatoms. The van der Waals surface area contributed by atoms with Gasteiger partial charge in [-0.2, -0.15) is 0 Å². The van der Waals surface area contributed by atoms with Gasteiger partial charge in [-0.3, -0.25) is 4.79 Å². The normalized spacial score (nSPS) is 12.5. The van der Waals surface area contributed by atoms with Crippen LogP contribution in [-0.4, -0.2) is 18.0 Å². The van der Waals surface area contributed by atoms with Crippen LogP contribution < -0.4 is 5.32 Å². The summed E-state index contributed by atoms with van der Waals surface area (Å²) >= 11 is 1.55. The molecule has 0 saturated carbocycles. The minimum absolute atomic E-state index is 0.160. The molecule has 0 aliphatic carbocycles. The number of alkyl carbamates (subject to hydrolysis) is 1. The number of carbonyl (C=O) groups is 2. The second-order valence-corrected chi connectivity index (χ2v) is 7.25. The van der Waals surface area contributed by atoms with Crippen LogP contribution in [0.2, 0.25) is 0 Å². The molecule has 1 unspecified atom stereocenters. The molecule has 1 atom stereocenters. The predicted molar refractivity (Wildman–Crippen MR) is 92.9 cm³/mol. The molecule has 1 aromatic heterocycles. The van der Waals surface area contributed by atoms with Crippen molar-refractivity contribution in [3.05, 3.63) is 46.2 Å². The smallest absolute Gasteiger partial charge is 0.408 e. The second-order valence-electron chi connectivity index (χ2n) is 6.31. The van der Waals surface area contributed by atoms with E-state index in [4.69, 9.17) is 4.74 Å². The van der Waals surface area contributed by atoms with Gasteiger partial charge >= 0.3 is 6.09 Å². The van der Waals surface area contributed by atoms with Crippen LogP contribution in [0.5, 0.6) is 0 Å². The lowest BCUT2D eigenvalue weighted by Gasteiger charge is -2.21. The molecule has 0 aliphatic rings. The van der Waals surface area contributed by atoms with Crippen LogP contribution in [0.25, 0.3) is 11.1 Å². The quantitative estimate of drug-likeness (QED) is 0.818. The van der Waals surface area contributed by atoms with Crippen molar-refractivity contribution in [2.24, 2.45) is 0 Å². The number of aldehydes is 1. The number of carbonyl (C=O) groups excluding carboxylic acids is 2. The lowest BCUT2D eigenvalue weighted by molar-refractivity contribution is 0.0508. The lowest BCUT2D eigenvalue weighted by atomic mass is 10.0. The number of ether oxygens (including phenoxy) is 1. The van der Waals surface area contributed by atoms with Crippen molar-refractivity contribution in [1.29, 1.82) is 0 Å². The molecule has 0 saturated heterocycles. The summed E-state index contributed by atoms with van der Waals surface area (Å²) in [6.07, 6.45) is 0.419. The Balaban J connectivity index is 2.12. The van der Waals surface area contributed by atoms with E-state index in [9.17, 15) is 9.59 Å². The number of nitrogens with one attached hydrogen (secondary N) is 1. The van der Waals surface area contributed by atoms with E-state index >= 15 is 0 Å². The maximum atomic E-state index is 11.8. The number of rotatable bonds is 4. The molecule has 122 valence electrons. The van der Waals surface area contributed by atoms with Crippen molar-refractivity contribution < 1.29 is 14.3 Å². The topological polar surface area (TPSA) is 55.4 Å². The van der Waals surface area contributed by atoms with Gasteiger partial charge in [-0.05, 0) is 50.3 Å². The summed E-state index contributed by atoms with van der Waals surface area (Å²) in [6, 6.07) is 9.29. The van der Waals surface area contributed by atoms with Crippen LogP contribution >= 0.6 is 11.3 Å². The van der Waals surface area contributed by atoms with E-state index in [1.165, 1.54) is 0 Å². The number of benzene rings is 1. The van der Waals surface area contributed by atoms with E-state index in [0.717, 1.165) is 22.3 Å². The Hall–Kier alpha value is -2.14. The Morgan fingerprint density at radius 3 is 2.65 bits per heavy atom. The van der Waals surface area contributed by atoms with E-state index in [1.807, 2.05) is 57.3 Å². The monoisotopic (exact) mass is 331 g/mol. The third kappa shape index (κ3) is 4.66. The van der Waals surface area contributed by atoms with Crippen LogP contribution in [0.4, 0.5) is 4.79 Å². The lowest BCUT2D eigenvalue weighted by Crippen LogP contribution is -2.33. The van der Waals surface area contributed by atoms with Gasteiger partial charge in [0.2, 0.25) is 0 Å². The fourth-order valence-corrected chi connectivity index (χ4v) is 3.06. The fourth-order valence-electron chi connectivity index (χ4n) is 2.14. The standard InChI is InChI=1S/C18H21NO3S/c1-12(19-17(21)22-18(2,3)4)16-9-14(11-23-16)15-8-6-5-7-13(15)10-20/h5-12H,1-4H3,(H,19,21). The molecule has 2 rings (SSSR count). The summed E-state index contributed by atoms with van der Waals surface area (Å²) in [5, 5.41) is 4.82. The van der Waals surface area contributed by atoms with Gasteiger partial charge in [0.15, 0.2) is 6.29 Å². The highest BCUT2D eigenvalue weighted by Gasteiger charge is 2.19. The van der Waals surface area contributed by atoms with E-state index in [2.05, 4.69) is 5.32 Å². The first-order valence-corrected chi connectivity index (χ1v) is 8.30. The Morgan fingerprint density at radius 1 is 1.30 bits per heavy atom. The summed E-state index contributed by atoms with van der Waals surface area (Å²) in [6.45, 7) is 7.40. The van der Waals surface area contributed by atoms with Gasteiger partial charge in [0.25, 0.3) is 0 Å². The summed E-state index contributed by atoms with van der Waals surface area (Å²) in [5.74, 6) is 0. The average molecular weight is 331 g/mol. The molecule has 4 nitrogen and oxygen atoms in total. The summed E-state index contributed by atoms with van der Waals surface area (Å²) in [7, 11) is 0. The van der Waals surface area contributed by atoms with Crippen molar-refractivity contribution in [2.75, 3.05) is 0 Å². The molecule has 0 spiro atoms. The van der Waals surface area contributed by atoms with Crippen LogP contribution in [0.15, 0.2) is 35.7 Å². The van der Waals surface area contributed by atoms with Crippen molar-refractivity contribution in [1.82, 2.24) is 5.32 Å². The molecule has 1 heterocycles. The van der Waals surface area contributed by atoms with E-state index < -0.39 is 11.7 Å². The Labute approximate surface area is 140 Å². The van der Waals surface area contributed by atoms with Crippen LogP contribution in [0.1, 0.15) is 49.0 Å². The van der Waals surface area contributed by atoms with Crippen molar-refractivity contribution in [3.63, 3.8) is 0 Å². The molecule has 1 aromatic carbocycles. The molecule has 23 heavy (non-hydrogen) atoms. The van der Waals surface area contributed by atoms with Gasteiger partial charge in [-0.15, -0.1) is 11.3 Å². The van der Waals surface area contributed by atoms with Gasteiger partial charge in [0, 0.05) is 10.4 Å². The number of hydrogen-bond acceptors (Lipinski definition) is 4. The molecule has 0 aliphatic heterocycles. The highest BCUT2D eigenvalue weighted by atomic mass is 32.1. The third-order valence-corrected chi connectivity index (χ3v) is 4.29. The van der Waals surface area contributed by atoms with Gasteiger partial charge in [-0.25, -0.2) is 4.79 Å². The Morgan fingerprint density at radius 2 is 2.00 bits per heavy atom. The minimum atomic E-state index is -0.521. The highest BCUT2D eigenvalue weighted by molar-refractivity contribution is 7.10. The van der Waals surface area contributed by atoms with Crippen molar-refractivity contribution in [2.45, 2.75) is 39.3 Å². The van der Waals surface area contributed by atoms with Gasteiger partial charge in [-0.1, -0.05) is 24.3 Å². The zero-order valence-electron chi connectivity index (χ0n) is 13.8. The minimum Gasteiger partial charge on any atom is -0.444 e. The van der Waals surface area contributed by atoms with Crippen LogP contribution in [0.3, 0.4) is 0 Å². The summed E-state index contributed by atoms with van der Waals surface area (Å²) in [4.78, 5) is 24.0. The SMILES string of the molecule is CC(NC(=O)OC(C)(C)C)c1cc(-c2ccccc2C=O)cs1. The Kier molecular flexibility index (Phi) is 5.21. The zero-order valence-corrected chi connectivity index (χ0v) is 14.6. The molecule has 0 radical (unpaired) electrons. The molecule has 1 N–H and O–H groups in total. The van der Waals surface area contributed by atoms with E-state index in [1.54, 1.807) is 17.4 Å². The summed E-state index contributed by atoms with van der Waals surface area (Å²) in [5.41, 5.74) is 2.01. The zero-order chi connectivity index (χ0) is 17.0. The van der Waals surface area contributed by atoms with Crippen LogP contribution in [0, 0.1) is 0 Å². The molecule has 1 amide bonds. The van der Waals surface area contributed by atoms with Gasteiger partial charge in [0.05, 0.1) is 6.04 Å². The first-order valence-electron chi connectivity index (χ1n) is 7.42. The molecular formula is C18H21NO3S. The Bertz CT molecular complexity index is 700. The number of thiophene rings is 1. The summed E-state index contributed by atoms with van der Waals surface area (Å²) < 4.78 is 5.27. The second kappa shape index (κ2) is 6.96. The average Bonchev–Trinajstić information content (AvgIpc) is 2.94. The van der Waals surface area contributed by atoms with Gasteiger partial charge < -0.3 is 10.1 Å². The predicted octanol–water partition coefficient (Wildman–Crippen LogP) is 4.81. The fraction of sp³-hybridized carbons (Fsp3) is 0.333. The highest BCUT2D eigenvalue weighted by Crippen LogP contribution is 2.31. The first-order chi connectivity index (χ1) is 10.8. The number of hydrogen-bond donors (Lipinski definition) is 1. The largest absolute Gasteiger partial charge is 0.444 e.